The summed E-state index contributed by atoms with van der Waals surface area (Å²) in [5.74, 6) is 1.14. The van der Waals surface area contributed by atoms with Crippen LogP contribution in [0, 0.1) is 5.92 Å². The third-order valence-electron chi connectivity index (χ3n) is 3.08. The van der Waals surface area contributed by atoms with Crippen molar-refractivity contribution in [3.05, 3.63) is 0 Å². The van der Waals surface area contributed by atoms with Gasteiger partial charge in [0, 0.05) is 18.6 Å². The molecule has 0 saturated carbocycles. The number of nitrogens with one attached hydrogen (secondary N) is 1. The topological polar surface area (TPSA) is 87.8 Å². The number of hydrogen-bond donors (Lipinski definition) is 2. The molecule has 0 aromatic heterocycles. The van der Waals surface area contributed by atoms with E-state index in [9.17, 15) is 8.42 Å². The normalized spacial score (nSPS) is 21.5. The maximum absolute atomic E-state index is 11.2. The number of halogens is 1. The molecule has 0 aromatic carbocycles. The molecule has 6 nitrogen and oxygen atoms in total. The number of nitrogens with two attached hydrogens (primary N) is 1. The lowest BCUT2D eigenvalue weighted by Crippen LogP contribution is -2.47. The minimum atomic E-state index is -3.24. The quantitative estimate of drug-likeness (QED) is 0.405. The van der Waals surface area contributed by atoms with E-state index >= 15 is 0 Å². The van der Waals surface area contributed by atoms with Crippen LogP contribution in [-0.2, 0) is 10.0 Å². The molecule has 1 rings (SSSR count). The zero-order valence-electron chi connectivity index (χ0n) is 12.7. The third kappa shape index (κ3) is 7.63. The van der Waals surface area contributed by atoms with Crippen LogP contribution in [0.25, 0.3) is 0 Å². The molecule has 8 heteroatoms. The number of likely N-dealkylation sites (tertiary alicyclic amines) is 1. The monoisotopic (exact) mass is 418 g/mol. The fourth-order valence-electron chi connectivity index (χ4n) is 2.31. The standard InChI is InChI=1S/C12H26N4O2S.HI/c1-10-6-5-7-16(8-10)11(13)14-9-12(2,3)15-19(4,17)18;/h10,15H,5-9H2,1-4H3,(H2,13,14);1H. The van der Waals surface area contributed by atoms with Crippen LogP contribution in [0.5, 0.6) is 0 Å². The van der Waals surface area contributed by atoms with Gasteiger partial charge in [-0.05, 0) is 32.6 Å². The summed E-state index contributed by atoms with van der Waals surface area (Å²) in [5, 5.41) is 0. The Kier molecular flexibility index (Phi) is 7.75. The molecule has 3 N–H and O–H groups in total. The Bertz CT molecular complexity index is 437. The van der Waals surface area contributed by atoms with Gasteiger partial charge in [0.2, 0.25) is 10.0 Å². The number of nitrogens with zero attached hydrogens (tertiary/aromatic N) is 2. The van der Waals surface area contributed by atoms with Gasteiger partial charge in [0.05, 0.1) is 12.8 Å². The highest BCUT2D eigenvalue weighted by Gasteiger charge is 2.23. The number of guanidine groups is 1. The predicted molar refractivity (Wildman–Crippen MR) is 93.9 cm³/mol. The molecule has 20 heavy (non-hydrogen) atoms. The van der Waals surface area contributed by atoms with E-state index in [1.165, 1.54) is 6.42 Å². The van der Waals surface area contributed by atoms with Crippen molar-refractivity contribution < 1.29 is 8.42 Å². The molecule has 1 aliphatic heterocycles. The van der Waals surface area contributed by atoms with E-state index in [1.54, 1.807) is 13.8 Å². The van der Waals surface area contributed by atoms with Crippen LogP contribution in [0.1, 0.15) is 33.6 Å². The van der Waals surface area contributed by atoms with Crippen molar-refractivity contribution >= 4 is 40.0 Å². The van der Waals surface area contributed by atoms with Crippen LogP contribution < -0.4 is 10.5 Å². The van der Waals surface area contributed by atoms with Crippen molar-refractivity contribution in [3.8, 4) is 0 Å². The van der Waals surface area contributed by atoms with Crippen molar-refractivity contribution in [1.29, 1.82) is 0 Å². The first-order valence-corrected chi connectivity index (χ1v) is 8.52. The largest absolute Gasteiger partial charge is 0.370 e. The SMILES string of the molecule is CC1CCCN(C(N)=NCC(C)(C)NS(C)(=O)=O)C1.I. The van der Waals surface area contributed by atoms with Crippen LogP contribution in [0.4, 0.5) is 0 Å². The maximum atomic E-state index is 11.2. The van der Waals surface area contributed by atoms with Gasteiger partial charge in [-0.3, -0.25) is 4.99 Å². The number of aliphatic imine (C=N–C) groups is 1. The summed E-state index contributed by atoms with van der Waals surface area (Å²) < 4.78 is 25.0. The van der Waals surface area contributed by atoms with Crippen LogP contribution in [0.3, 0.4) is 0 Å². The van der Waals surface area contributed by atoms with E-state index in [1.807, 2.05) is 0 Å². The molecule has 1 heterocycles. The second kappa shape index (κ2) is 7.79. The average Bonchev–Trinajstić information content (AvgIpc) is 2.22. The summed E-state index contributed by atoms with van der Waals surface area (Å²) in [6.07, 6.45) is 3.50. The lowest BCUT2D eigenvalue weighted by atomic mass is 10.0. The van der Waals surface area contributed by atoms with Crippen LogP contribution in [0.2, 0.25) is 0 Å². The average molecular weight is 418 g/mol. The molecule has 1 unspecified atom stereocenters. The number of rotatable bonds is 4. The third-order valence-corrected chi connectivity index (χ3v) is 4.00. The van der Waals surface area contributed by atoms with E-state index in [4.69, 9.17) is 5.73 Å². The molecular formula is C12H27IN4O2S. The molecule has 1 saturated heterocycles. The Morgan fingerprint density at radius 3 is 2.60 bits per heavy atom. The molecule has 1 fully saturated rings. The zero-order chi connectivity index (χ0) is 14.7. The van der Waals surface area contributed by atoms with Crippen molar-refractivity contribution in [2.45, 2.75) is 39.2 Å². The lowest BCUT2D eigenvalue weighted by molar-refractivity contribution is 0.269. The molecule has 0 radical (unpaired) electrons. The van der Waals surface area contributed by atoms with Gasteiger partial charge in [-0.1, -0.05) is 6.92 Å². The van der Waals surface area contributed by atoms with Gasteiger partial charge in [-0.2, -0.15) is 0 Å². The van der Waals surface area contributed by atoms with Crippen molar-refractivity contribution in [2.75, 3.05) is 25.9 Å². The highest BCUT2D eigenvalue weighted by molar-refractivity contribution is 14.0. The number of piperidine rings is 1. The zero-order valence-corrected chi connectivity index (χ0v) is 15.9. The van der Waals surface area contributed by atoms with Crippen molar-refractivity contribution in [2.24, 2.45) is 16.6 Å². The molecule has 0 aliphatic carbocycles. The molecule has 0 amide bonds. The van der Waals surface area contributed by atoms with Gasteiger partial charge in [0.15, 0.2) is 5.96 Å². The lowest BCUT2D eigenvalue weighted by Gasteiger charge is -2.32. The van der Waals surface area contributed by atoms with Gasteiger partial charge in [-0.15, -0.1) is 24.0 Å². The van der Waals surface area contributed by atoms with Crippen LogP contribution in [-0.4, -0.2) is 50.7 Å². The Morgan fingerprint density at radius 1 is 1.50 bits per heavy atom. The number of hydrogen-bond acceptors (Lipinski definition) is 3. The summed E-state index contributed by atoms with van der Waals surface area (Å²) >= 11 is 0. The first-order valence-electron chi connectivity index (χ1n) is 6.63. The van der Waals surface area contributed by atoms with Gasteiger partial charge in [-0.25, -0.2) is 13.1 Å². The summed E-state index contributed by atoms with van der Waals surface area (Å²) in [6.45, 7) is 7.98. The second-order valence-electron chi connectivity index (χ2n) is 6.13. The fourth-order valence-corrected chi connectivity index (χ4v) is 3.38. The summed E-state index contributed by atoms with van der Waals surface area (Å²) in [6, 6.07) is 0. The van der Waals surface area contributed by atoms with E-state index in [0.717, 1.165) is 25.8 Å². The van der Waals surface area contributed by atoms with Crippen LogP contribution >= 0.6 is 24.0 Å². The van der Waals surface area contributed by atoms with Gasteiger partial charge in [0.1, 0.15) is 0 Å². The Balaban J connectivity index is 0.00000361. The molecule has 0 spiro atoms. The number of sulfonamides is 1. The Hall–Kier alpha value is -0.0900. The second-order valence-corrected chi connectivity index (χ2v) is 7.87. The van der Waals surface area contributed by atoms with Crippen LogP contribution in [0.15, 0.2) is 4.99 Å². The highest BCUT2D eigenvalue weighted by Crippen LogP contribution is 2.15. The van der Waals surface area contributed by atoms with Crippen molar-refractivity contribution in [3.63, 3.8) is 0 Å². The van der Waals surface area contributed by atoms with E-state index < -0.39 is 15.6 Å². The van der Waals surface area contributed by atoms with E-state index in [2.05, 4.69) is 21.5 Å². The van der Waals surface area contributed by atoms with Gasteiger partial charge < -0.3 is 10.6 Å². The summed E-state index contributed by atoms with van der Waals surface area (Å²) in [5.41, 5.74) is 5.35. The molecule has 0 bridgehead atoms. The minimum absolute atomic E-state index is 0. The smallest absolute Gasteiger partial charge is 0.209 e. The summed E-state index contributed by atoms with van der Waals surface area (Å²) in [7, 11) is -3.24. The first-order chi connectivity index (χ1) is 8.59. The van der Waals surface area contributed by atoms with Gasteiger partial charge in [0.25, 0.3) is 0 Å². The Labute approximate surface area is 139 Å². The molecule has 1 aliphatic rings. The Morgan fingerprint density at radius 2 is 2.10 bits per heavy atom. The summed E-state index contributed by atoms with van der Waals surface area (Å²) in [4.78, 5) is 6.41. The van der Waals surface area contributed by atoms with Crippen molar-refractivity contribution in [1.82, 2.24) is 9.62 Å². The minimum Gasteiger partial charge on any atom is -0.370 e. The molecule has 120 valence electrons. The van der Waals surface area contributed by atoms with Gasteiger partial charge >= 0.3 is 0 Å². The molecule has 1 atom stereocenters. The predicted octanol–water partition coefficient (Wildman–Crippen LogP) is 0.979. The van der Waals surface area contributed by atoms with E-state index in [0.29, 0.717) is 18.4 Å². The first kappa shape index (κ1) is 19.9. The maximum Gasteiger partial charge on any atom is 0.209 e. The van der Waals surface area contributed by atoms with E-state index in [-0.39, 0.29) is 24.0 Å². The molecular weight excluding hydrogens is 391 g/mol. The fraction of sp³-hybridized carbons (Fsp3) is 0.917. The highest BCUT2D eigenvalue weighted by atomic mass is 127. The molecule has 0 aromatic rings.